The highest BCUT2D eigenvalue weighted by Crippen LogP contribution is 2.37. The number of carbonyl (C=O) groups excluding carboxylic acids is 1. The number of pyridine rings is 1. The number of ether oxygens (including phenoxy) is 1. The molecule has 1 aromatic heterocycles. The van der Waals surface area contributed by atoms with Gasteiger partial charge in [-0.3, -0.25) is 14.5 Å². The van der Waals surface area contributed by atoms with E-state index in [4.69, 9.17) is 4.74 Å². The van der Waals surface area contributed by atoms with Crippen molar-refractivity contribution in [1.29, 1.82) is 0 Å². The summed E-state index contributed by atoms with van der Waals surface area (Å²) in [5.41, 5.74) is 0.919. The molecule has 0 unspecified atom stereocenters. The second-order valence-electron chi connectivity index (χ2n) is 7.66. The lowest BCUT2D eigenvalue weighted by molar-refractivity contribution is -0.0581. The second kappa shape index (κ2) is 6.57. The van der Waals surface area contributed by atoms with E-state index in [-0.39, 0.29) is 23.1 Å². The first-order valence-electron chi connectivity index (χ1n) is 9.43. The molecule has 3 heterocycles. The molecule has 6 nitrogen and oxygen atoms in total. The molecule has 2 aliphatic heterocycles. The van der Waals surface area contributed by atoms with Crippen molar-refractivity contribution in [3.8, 4) is 0 Å². The van der Waals surface area contributed by atoms with Crippen molar-refractivity contribution in [3.05, 3.63) is 33.7 Å². The summed E-state index contributed by atoms with van der Waals surface area (Å²) >= 11 is 0. The van der Waals surface area contributed by atoms with Gasteiger partial charge in [0.1, 0.15) is 5.56 Å². The first-order valence-corrected chi connectivity index (χ1v) is 9.43. The van der Waals surface area contributed by atoms with Gasteiger partial charge in [-0.05, 0) is 51.2 Å². The first-order chi connectivity index (χ1) is 12.1. The Balaban J connectivity index is 1.41. The smallest absolute Gasteiger partial charge is 0.263 e. The van der Waals surface area contributed by atoms with E-state index in [9.17, 15) is 9.59 Å². The minimum absolute atomic E-state index is 0.0924. The summed E-state index contributed by atoms with van der Waals surface area (Å²) in [6, 6.07) is 3.97. The molecule has 4 rings (SSSR count). The summed E-state index contributed by atoms with van der Waals surface area (Å²) < 4.78 is 7.65. The number of aromatic nitrogens is 1. The molecular formula is C19H27N3O3. The lowest BCUT2D eigenvalue weighted by atomic mass is 10.1. The number of fused-ring (bicyclic) bond motifs is 1. The third kappa shape index (κ3) is 3.25. The molecular weight excluding hydrogens is 318 g/mol. The molecule has 3 aliphatic rings. The van der Waals surface area contributed by atoms with E-state index in [0.717, 1.165) is 37.7 Å². The van der Waals surface area contributed by atoms with E-state index in [0.29, 0.717) is 18.7 Å². The number of rotatable bonds is 4. The Hall–Kier alpha value is -1.66. The minimum atomic E-state index is -0.253. The highest BCUT2D eigenvalue weighted by atomic mass is 16.5. The van der Waals surface area contributed by atoms with Crippen molar-refractivity contribution in [2.24, 2.45) is 5.92 Å². The van der Waals surface area contributed by atoms with E-state index in [2.05, 4.69) is 10.2 Å². The molecule has 0 bridgehead atoms. The molecule has 1 amide bonds. The maximum atomic E-state index is 12.6. The quantitative estimate of drug-likeness (QED) is 0.889. The van der Waals surface area contributed by atoms with Crippen molar-refractivity contribution in [2.75, 3.05) is 19.7 Å². The molecule has 1 aromatic rings. The van der Waals surface area contributed by atoms with Crippen LogP contribution in [0, 0.1) is 12.8 Å². The van der Waals surface area contributed by atoms with Gasteiger partial charge >= 0.3 is 0 Å². The summed E-state index contributed by atoms with van der Waals surface area (Å²) in [5, 5.41) is 3.07. The number of nitrogens with one attached hydrogen (secondary N) is 1. The zero-order valence-corrected chi connectivity index (χ0v) is 15.0. The third-order valence-corrected chi connectivity index (χ3v) is 5.88. The van der Waals surface area contributed by atoms with Crippen LogP contribution < -0.4 is 10.9 Å². The van der Waals surface area contributed by atoms with Gasteiger partial charge in [0.15, 0.2) is 0 Å². The van der Waals surface area contributed by atoms with E-state index >= 15 is 0 Å². The first kappa shape index (κ1) is 16.8. The van der Waals surface area contributed by atoms with Crippen molar-refractivity contribution < 1.29 is 9.53 Å². The van der Waals surface area contributed by atoms with E-state index in [1.54, 1.807) is 10.6 Å². The Bertz CT molecular complexity index is 725. The summed E-state index contributed by atoms with van der Waals surface area (Å²) in [4.78, 5) is 27.6. The fourth-order valence-corrected chi connectivity index (χ4v) is 4.26. The van der Waals surface area contributed by atoms with Crippen LogP contribution >= 0.6 is 0 Å². The average Bonchev–Trinajstić information content (AvgIpc) is 3.35. The average molecular weight is 345 g/mol. The van der Waals surface area contributed by atoms with Crippen molar-refractivity contribution in [3.63, 3.8) is 0 Å². The van der Waals surface area contributed by atoms with Crippen LogP contribution in [0.25, 0.3) is 0 Å². The maximum Gasteiger partial charge on any atom is 0.263 e. The van der Waals surface area contributed by atoms with E-state index in [1.807, 2.05) is 19.9 Å². The van der Waals surface area contributed by atoms with Crippen LogP contribution in [-0.4, -0.2) is 53.3 Å². The molecule has 1 N–H and O–H groups in total. The Morgan fingerprint density at radius 2 is 2.12 bits per heavy atom. The van der Waals surface area contributed by atoms with Gasteiger partial charge in [-0.2, -0.15) is 0 Å². The molecule has 1 saturated carbocycles. The number of hydrogen-bond donors (Lipinski definition) is 1. The lowest BCUT2D eigenvalue weighted by Crippen LogP contribution is -2.47. The number of morpholine rings is 1. The fourth-order valence-electron chi connectivity index (χ4n) is 4.26. The monoisotopic (exact) mass is 345 g/mol. The Morgan fingerprint density at radius 3 is 2.84 bits per heavy atom. The van der Waals surface area contributed by atoms with Crippen LogP contribution in [0.5, 0.6) is 0 Å². The van der Waals surface area contributed by atoms with Crippen LogP contribution in [0.2, 0.25) is 0 Å². The zero-order valence-electron chi connectivity index (χ0n) is 15.0. The SMILES string of the molecule is CCn1c(C)ccc(C(=O)N[C@H]2C[C@H]3CO[C@@H](C4CC4)CN3C2)c1=O. The Kier molecular flexibility index (Phi) is 4.41. The summed E-state index contributed by atoms with van der Waals surface area (Å²) in [7, 11) is 0. The van der Waals surface area contributed by atoms with Gasteiger partial charge in [0, 0.05) is 37.4 Å². The third-order valence-electron chi connectivity index (χ3n) is 5.88. The van der Waals surface area contributed by atoms with E-state index in [1.165, 1.54) is 12.8 Å². The van der Waals surface area contributed by atoms with Crippen LogP contribution in [0.3, 0.4) is 0 Å². The van der Waals surface area contributed by atoms with Crippen molar-refractivity contribution in [1.82, 2.24) is 14.8 Å². The molecule has 136 valence electrons. The van der Waals surface area contributed by atoms with Crippen LogP contribution in [0.1, 0.15) is 42.2 Å². The van der Waals surface area contributed by atoms with Gasteiger partial charge in [0.2, 0.25) is 0 Å². The van der Waals surface area contributed by atoms with Gasteiger partial charge in [0.05, 0.1) is 12.7 Å². The van der Waals surface area contributed by atoms with Gasteiger partial charge < -0.3 is 14.6 Å². The molecule has 1 aliphatic carbocycles. The second-order valence-corrected chi connectivity index (χ2v) is 7.66. The highest BCUT2D eigenvalue weighted by Gasteiger charge is 2.42. The normalized spacial score (nSPS) is 29.4. The lowest BCUT2D eigenvalue weighted by Gasteiger charge is -2.35. The summed E-state index contributed by atoms with van der Waals surface area (Å²) in [5.74, 6) is 0.492. The van der Waals surface area contributed by atoms with Crippen molar-refractivity contribution in [2.45, 2.75) is 57.8 Å². The molecule has 3 fully saturated rings. The van der Waals surface area contributed by atoms with Crippen LogP contribution in [-0.2, 0) is 11.3 Å². The van der Waals surface area contributed by atoms with Crippen molar-refractivity contribution >= 4 is 5.91 Å². The molecule has 6 heteroatoms. The minimum Gasteiger partial charge on any atom is -0.375 e. The topological polar surface area (TPSA) is 63.6 Å². The number of amides is 1. The predicted molar refractivity (Wildman–Crippen MR) is 94.8 cm³/mol. The zero-order chi connectivity index (χ0) is 17.6. The number of hydrogen-bond acceptors (Lipinski definition) is 4. The maximum absolute atomic E-state index is 12.6. The van der Waals surface area contributed by atoms with Gasteiger partial charge in [0.25, 0.3) is 11.5 Å². The van der Waals surface area contributed by atoms with Gasteiger partial charge in [-0.15, -0.1) is 0 Å². The molecule has 0 aromatic carbocycles. The Labute approximate surface area is 148 Å². The van der Waals surface area contributed by atoms with Gasteiger partial charge in [-0.25, -0.2) is 0 Å². The molecule has 0 radical (unpaired) electrons. The standard InChI is InChI=1S/C19H27N3O3/c1-3-22-12(2)4-7-16(19(22)24)18(23)20-14-8-15-11-25-17(13-5-6-13)10-21(15)9-14/h4,7,13-15,17H,3,5-6,8-11H2,1-2H3,(H,20,23)/t14-,15-,17+/m0/s1. The highest BCUT2D eigenvalue weighted by molar-refractivity contribution is 5.94. The molecule has 3 atom stereocenters. The predicted octanol–water partition coefficient (Wildman–Crippen LogP) is 1.16. The summed E-state index contributed by atoms with van der Waals surface area (Å²) in [6.07, 6.45) is 3.86. The van der Waals surface area contributed by atoms with E-state index < -0.39 is 0 Å². The number of carbonyl (C=O) groups is 1. The summed E-state index contributed by atoms with van der Waals surface area (Å²) in [6.45, 7) is 6.98. The molecule has 0 spiro atoms. The molecule has 25 heavy (non-hydrogen) atoms. The van der Waals surface area contributed by atoms with Crippen LogP contribution in [0.15, 0.2) is 16.9 Å². The number of aryl methyl sites for hydroxylation is 1. The molecule has 2 saturated heterocycles. The largest absolute Gasteiger partial charge is 0.375 e. The fraction of sp³-hybridized carbons (Fsp3) is 0.684. The number of nitrogens with zero attached hydrogens (tertiary/aromatic N) is 2. The van der Waals surface area contributed by atoms with Gasteiger partial charge in [-0.1, -0.05) is 0 Å². The van der Waals surface area contributed by atoms with Crippen LogP contribution in [0.4, 0.5) is 0 Å². The Morgan fingerprint density at radius 1 is 1.32 bits per heavy atom.